The minimum Gasteiger partial charge on any atom is -0.351 e. The van der Waals surface area contributed by atoms with Gasteiger partial charge in [0.15, 0.2) is 0 Å². The van der Waals surface area contributed by atoms with E-state index in [1.54, 1.807) is 4.90 Å². The first-order valence-electron chi connectivity index (χ1n) is 5.76. The van der Waals surface area contributed by atoms with Crippen molar-refractivity contribution in [2.24, 2.45) is 5.73 Å². The fourth-order valence-corrected chi connectivity index (χ4v) is 1.51. The standard InChI is InChI=1S/C11H24N2O/c1-3-5-6-7-8-10-13(9-4-2)11(12)14/h3-10H2,1-2H3,(H2,12,14). The zero-order valence-electron chi connectivity index (χ0n) is 9.59. The highest BCUT2D eigenvalue weighted by Crippen LogP contribution is 2.04. The lowest BCUT2D eigenvalue weighted by Gasteiger charge is -2.19. The van der Waals surface area contributed by atoms with E-state index in [0.717, 1.165) is 25.9 Å². The van der Waals surface area contributed by atoms with Gasteiger partial charge in [-0.05, 0) is 12.8 Å². The van der Waals surface area contributed by atoms with Crippen molar-refractivity contribution in [1.82, 2.24) is 4.90 Å². The fraction of sp³-hybridized carbons (Fsp3) is 0.909. The maximum absolute atomic E-state index is 11.0. The number of nitrogens with zero attached hydrogens (tertiary/aromatic N) is 1. The first kappa shape index (κ1) is 13.3. The van der Waals surface area contributed by atoms with Crippen LogP contribution in [0, 0.1) is 0 Å². The van der Waals surface area contributed by atoms with Gasteiger partial charge in [0, 0.05) is 13.1 Å². The molecule has 0 bridgehead atoms. The molecule has 0 heterocycles. The van der Waals surface area contributed by atoms with Gasteiger partial charge in [0.05, 0.1) is 0 Å². The molecule has 0 fully saturated rings. The van der Waals surface area contributed by atoms with E-state index < -0.39 is 0 Å². The summed E-state index contributed by atoms with van der Waals surface area (Å²) in [4.78, 5) is 12.7. The Morgan fingerprint density at radius 2 is 1.64 bits per heavy atom. The van der Waals surface area contributed by atoms with Crippen molar-refractivity contribution < 1.29 is 4.79 Å². The van der Waals surface area contributed by atoms with E-state index in [9.17, 15) is 4.79 Å². The summed E-state index contributed by atoms with van der Waals surface area (Å²) in [5, 5.41) is 0. The van der Waals surface area contributed by atoms with Gasteiger partial charge in [0.2, 0.25) is 0 Å². The van der Waals surface area contributed by atoms with Crippen molar-refractivity contribution in [3.8, 4) is 0 Å². The monoisotopic (exact) mass is 200 g/mol. The van der Waals surface area contributed by atoms with Gasteiger partial charge < -0.3 is 10.6 Å². The molecule has 0 radical (unpaired) electrons. The molecule has 0 saturated carbocycles. The van der Waals surface area contributed by atoms with Crippen LogP contribution in [0.2, 0.25) is 0 Å². The number of hydrogen-bond acceptors (Lipinski definition) is 1. The van der Waals surface area contributed by atoms with E-state index in [4.69, 9.17) is 5.73 Å². The summed E-state index contributed by atoms with van der Waals surface area (Å²) < 4.78 is 0. The van der Waals surface area contributed by atoms with Crippen LogP contribution in [0.5, 0.6) is 0 Å². The van der Waals surface area contributed by atoms with Gasteiger partial charge in [-0.15, -0.1) is 0 Å². The third-order valence-corrected chi connectivity index (χ3v) is 2.34. The molecular formula is C11H24N2O. The van der Waals surface area contributed by atoms with Crippen molar-refractivity contribution in [2.45, 2.75) is 52.4 Å². The largest absolute Gasteiger partial charge is 0.351 e. The van der Waals surface area contributed by atoms with Crippen LogP contribution in [0.4, 0.5) is 4.79 Å². The van der Waals surface area contributed by atoms with Crippen LogP contribution in [0.3, 0.4) is 0 Å². The molecule has 2 N–H and O–H groups in total. The third-order valence-electron chi connectivity index (χ3n) is 2.34. The van der Waals surface area contributed by atoms with E-state index in [-0.39, 0.29) is 6.03 Å². The van der Waals surface area contributed by atoms with Crippen molar-refractivity contribution in [3.63, 3.8) is 0 Å². The Labute approximate surface area is 87.6 Å². The Kier molecular flexibility index (Phi) is 8.39. The van der Waals surface area contributed by atoms with Crippen molar-refractivity contribution in [1.29, 1.82) is 0 Å². The topological polar surface area (TPSA) is 46.3 Å². The molecule has 0 saturated heterocycles. The SMILES string of the molecule is CCCCCCCN(CCC)C(N)=O. The highest BCUT2D eigenvalue weighted by molar-refractivity contribution is 5.71. The third kappa shape index (κ3) is 6.75. The molecule has 0 atom stereocenters. The summed E-state index contributed by atoms with van der Waals surface area (Å²) in [6, 6.07) is -0.276. The maximum atomic E-state index is 11.0. The second-order valence-electron chi connectivity index (χ2n) is 3.74. The predicted molar refractivity (Wildman–Crippen MR) is 60.2 cm³/mol. The van der Waals surface area contributed by atoms with Gasteiger partial charge in [-0.1, -0.05) is 39.5 Å². The Bertz CT molecular complexity index is 148. The summed E-state index contributed by atoms with van der Waals surface area (Å²) in [7, 11) is 0. The van der Waals surface area contributed by atoms with Crippen LogP contribution in [0.1, 0.15) is 52.4 Å². The van der Waals surface area contributed by atoms with Crippen LogP contribution in [0.15, 0.2) is 0 Å². The normalized spacial score (nSPS) is 10.1. The molecule has 14 heavy (non-hydrogen) atoms. The first-order valence-corrected chi connectivity index (χ1v) is 5.76. The Morgan fingerprint density at radius 1 is 1.00 bits per heavy atom. The number of hydrogen-bond donors (Lipinski definition) is 1. The molecule has 0 aliphatic rings. The zero-order chi connectivity index (χ0) is 10.8. The van der Waals surface area contributed by atoms with E-state index in [2.05, 4.69) is 13.8 Å². The molecule has 0 aliphatic heterocycles. The maximum Gasteiger partial charge on any atom is 0.314 e. The van der Waals surface area contributed by atoms with E-state index in [0.29, 0.717) is 0 Å². The Hall–Kier alpha value is -0.730. The average Bonchev–Trinajstić information content (AvgIpc) is 2.15. The lowest BCUT2D eigenvalue weighted by atomic mass is 10.1. The van der Waals surface area contributed by atoms with Gasteiger partial charge in [0.1, 0.15) is 0 Å². The van der Waals surface area contributed by atoms with Gasteiger partial charge in [-0.3, -0.25) is 0 Å². The minimum atomic E-state index is -0.276. The predicted octanol–water partition coefficient (Wildman–Crippen LogP) is 2.75. The molecule has 3 heteroatoms. The highest BCUT2D eigenvalue weighted by atomic mass is 16.2. The summed E-state index contributed by atoms with van der Waals surface area (Å²) in [6.45, 7) is 5.88. The number of primary amides is 1. The van der Waals surface area contributed by atoms with E-state index >= 15 is 0 Å². The van der Waals surface area contributed by atoms with Gasteiger partial charge in [-0.25, -0.2) is 4.79 Å². The van der Waals surface area contributed by atoms with Crippen LogP contribution in [-0.2, 0) is 0 Å². The summed E-state index contributed by atoms with van der Waals surface area (Å²) in [5.41, 5.74) is 5.25. The minimum absolute atomic E-state index is 0.276. The number of nitrogens with two attached hydrogens (primary N) is 1. The second-order valence-corrected chi connectivity index (χ2v) is 3.74. The summed E-state index contributed by atoms with van der Waals surface area (Å²) in [5.74, 6) is 0. The van der Waals surface area contributed by atoms with Gasteiger partial charge >= 0.3 is 6.03 Å². The molecule has 0 spiro atoms. The lowest BCUT2D eigenvalue weighted by molar-refractivity contribution is 0.206. The Morgan fingerprint density at radius 3 is 2.14 bits per heavy atom. The molecular weight excluding hydrogens is 176 g/mol. The molecule has 2 amide bonds. The van der Waals surface area contributed by atoms with E-state index in [1.807, 2.05) is 0 Å². The zero-order valence-corrected chi connectivity index (χ0v) is 9.59. The summed E-state index contributed by atoms with van der Waals surface area (Å²) >= 11 is 0. The smallest absolute Gasteiger partial charge is 0.314 e. The molecule has 0 aromatic carbocycles. The van der Waals surface area contributed by atoms with Gasteiger partial charge in [-0.2, -0.15) is 0 Å². The Balaban J connectivity index is 3.46. The van der Waals surface area contributed by atoms with Crippen LogP contribution >= 0.6 is 0 Å². The number of unbranched alkanes of at least 4 members (excludes halogenated alkanes) is 4. The number of carbonyl (C=O) groups excluding carboxylic acids is 1. The molecule has 3 nitrogen and oxygen atoms in total. The molecule has 84 valence electrons. The second kappa shape index (κ2) is 8.85. The van der Waals surface area contributed by atoms with Crippen LogP contribution in [-0.4, -0.2) is 24.0 Å². The van der Waals surface area contributed by atoms with Crippen molar-refractivity contribution >= 4 is 6.03 Å². The molecule has 0 aliphatic carbocycles. The van der Waals surface area contributed by atoms with Gasteiger partial charge in [0.25, 0.3) is 0 Å². The summed E-state index contributed by atoms with van der Waals surface area (Å²) in [6.07, 6.45) is 7.11. The molecule has 0 rings (SSSR count). The number of amides is 2. The van der Waals surface area contributed by atoms with Crippen LogP contribution < -0.4 is 5.73 Å². The average molecular weight is 200 g/mol. The van der Waals surface area contributed by atoms with E-state index in [1.165, 1.54) is 25.7 Å². The fourth-order valence-electron chi connectivity index (χ4n) is 1.51. The quantitative estimate of drug-likeness (QED) is 0.602. The number of urea groups is 1. The highest BCUT2D eigenvalue weighted by Gasteiger charge is 2.06. The molecule has 0 unspecified atom stereocenters. The van der Waals surface area contributed by atoms with Crippen LogP contribution in [0.25, 0.3) is 0 Å². The number of carbonyl (C=O) groups is 1. The lowest BCUT2D eigenvalue weighted by Crippen LogP contribution is -2.36. The number of rotatable bonds is 8. The molecule has 0 aromatic heterocycles. The first-order chi connectivity index (χ1) is 6.72. The molecule has 0 aromatic rings. The van der Waals surface area contributed by atoms with Crippen molar-refractivity contribution in [2.75, 3.05) is 13.1 Å². The van der Waals surface area contributed by atoms with Crippen molar-refractivity contribution in [3.05, 3.63) is 0 Å².